The molecule has 166 valence electrons. The number of nitrogens with two attached hydrogens (primary N) is 1. The number of halogens is 1. The number of ether oxygens (including phenoxy) is 1. The molecule has 0 radical (unpaired) electrons. The standard InChI is InChI=1S/C24H22ClN7O/c1-3-19-15(12-33-17-6-4-14-5-7-21(27-2)31-20(14)9-17)8-16(10-28-19)32-11-18(25)22-23(26)29-13-30-24(22)32/h4-11,13H,3,12H2,1-2H3,(H,27,31)(H2,26,29,30). The third kappa shape index (κ3) is 3.89. The van der Waals surface area contributed by atoms with E-state index in [2.05, 4.69) is 32.2 Å². The largest absolute Gasteiger partial charge is 0.489 e. The smallest absolute Gasteiger partial charge is 0.151 e. The van der Waals surface area contributed by atoms with Crippen molar-refractivity contribution in [3.05, 3.63) is 71.4 Å². The van der Waals surface area contributed by atoms with Crippen molar-refractivity contribution in [2.45, 2.75) is 20.0 Å². The maximum absolute atomic E-state index is 6.41. The van der Waals surface area contributed by atoms with E-state index in [0.29, 0.717) is 28.5 Å². The maximum atomic E-state index is 6.41. The van der Waals surface area contributed by atoms with Gasteiger partial charge in [-0.1, -0.05) is 18.5 Å². The van der Waals surface area contributed by atoms with E-state index in [9.17, 15) is 0 Å². The minimum absolute atomic E-state index is 0.344. The van der Waals surface area contributed by atoms with E-state index in [1.165, 1.54) is 6.33 Å². The zero-order chi connectivity index (χ0) is 22.9. The van der Waals surface area contributed by atoms with Gasteiger partial charge in [0.05, 0.1) is 27.8 Å². The number of nitrogens with one attached hydrogen (secondary N) is 1. The van der Waals surface area contributed by atoms with Crippen LogP contribution in [0.15, 0.2) is 55.1 Å². The predicted molar refractivity (Wildman–Crippen MR) is 131 cm³/mol. The van der Waals surface area contributed by atoms with Crippen molar-refractivity contribution in [2.24, 2.45) is 0 Å². The first-order valence-corrected chi connectivity index (χ1v) is 10.9. The molecular formula is C24H22ClN7O. The van der Waals surface area contributed by atoms with Gasteiger partial charge < -0.3 is 15.8 Å². The summed E-state index contributed by atoms with van der Waals surface area (Å²) in [6.07, 6.45) is 5.79. The molecule has 0 unspecified atom stereocenters. The Morgan fingerprint density at radius 3 is 2.79 bits per heavy atom. The van der Waals surface area contributed by atoms with Gasteiger partial charge in [0.2, 0.25) is 0 Å². The van der Waals surface area contributed by atoms with Crippen LogP contribution in [-0.4, -0.2) is 31.6 Å². The normalized spacial score (nSPS) is 11.2. The van der Waals surface area contributed by atoms with Crippen molar-refractivity contribution in [3.8, 4) is 11.4 Å². The van der Waals surface area contributed by atoms with Crippen molar-refractivity contribution >= 4 is 45.2 Å². The van der Waals surface area contributed by atoms with Crippen molar-refractivity contribution in [2.75, 3.05) is 18.1 Å². The summed E-state index contributed by atoms with van der Waals surface area (Å²) >= 11 is 6.41. The van der Waals surface area contributed by atoms with Crippen LogP contribution in [0.5, 0.6) is 5.75 Å². The summed E-state index contributed by atoms with van der Waals surface area (Å²) in [6, 6.07) is 11.9. The number of aromatic nitrogens is 5. The van der Waals surface area contributed by atoms with E-state index in [1.54, 1.807) is 12.4 Å². The molecule has 0 spiro atoms. The Kier molecular flexibility index (Phi) is 5.43. The van der Waals surface area contributed by atoms with E-state index < -0.39 is 0 Å². The summed E-state index contributed by atoms with van der Waals surface area (Å²) in [5.74, 6) is 1.90. The lowest BCUT2D eigenvalue weighted by Crippen LogP contribution is -2.05. The second kappa shape index (κ2) is 8.55. The second-order valence-corrected chi connectivity index (χ2v) is 7.95. The Labute approximate surface area is 195 Å². The molecule has 9 heteroatoms. The van der Waals surface area contributed by atoms with Crippen LogP contribution in [0, 0.1) is 0 Å². The van der Waals surface area contributed by atoms with Crippen molar-refractivity contribution in [1.29, 1.82) is 0 Å². The Balaban J connectivity index is 1.47. The summed E-state index contributed by atoms with van der Waals surface area (Å²) in [7, 11) is 1.85. The quantitative estimate of drug-likeness (QED) is 0.376. The highest BCUT2D eigenvalue weighted by atomic mass is 35.5. The summed E-state index contributed by atoms with van der Waals surface area (Å²) in [4.78, 5) is 17.7. The minimum atomic E-state index is 0.344. The van der Waals surface area contributed by atoms with Crippen molar-refractivity contribution in [3.63, 3.8) is 0 Å². The molecule has 0 bridgehead atoms. The third-order valence-corrected chi connectivity index (χ3v) is 5.83. The van der Waals surface area contributed by atoms with Gasteiger partial charge in [0, 0.05) is 36.0 Å². The van der Waals surface area contributed by atoms with Crippen LogP contribution in [-0.2, 0) is 13.0 Å². The number of nitrogen functional groups attached to an aromatic ring is 1. The fourth-order valence-corrected chi connectivity index (χ4v) is 4.10. The van der Waals surface area contributed by atoms with Gasteiger partial charge in [-0.2, -0.15) is 0 Å². The zero-order valence-corrected chi connectivity index (χ0v) is 19.0. The molecule has 33 heavy (non-hydrogen) atoms. The van der Waals surface area contributed by atoms with Crippen LogP contribution < -0.4 is 15.8 Å². The molecule has 8 nitrogen and oxygen atoms in total. The monoisotopic (exact) mass is 459 g/mol. The Bertz CT molecular complexity index is 1480. The molecule has 5 aromatic rings. The van der Waals surface area contributed by atoms with Gasteiger partial charge in [0.25, 0.3) is 0 Å². The number of pyridine rings is 2. The number of aryl methyl sites for hydroxylation is 1. The van der Waals surface area contributed by atoms with E-state index in [-0.39, 0.29) is 0 Å². The number of fused-ring (bicyclic) bond motifs is 2. The number of benzene rings is 1. The van der Waals surface area contributed by atoms with Crippen LogP contribution in [0.4, 0.5) is 11.6 Å². The fraction of sp³-hybridized carbons (Fsp3) is 0.167. The van der Waals surface area contributed by atoms with Crippen LogP contribution in [0.3, 0.4) is 0 Å². The number of anilines is 2. The Hall–Kier alpha value is -3.91. The number of hydrogen-bond donors (Lipinski definition) is 2. The lowest BCUT2D eigenvalue weighted by Gasteiger charge is -2.13. The first-order valence-electron chi connectivity index (χ1n) is 10.5. The zero-order valence-electron chi connectivity index (χ0n) is 18.2. The number of hydrogen-bond acceptors (Lipinski definition) is 7. The highest BCUT2D eigenvalue weighted by molar-refractivity contribution is 6.36. The molecule has 0 aliphatic carbocycles. The van der Waals surface area contributed by atoms with Gasteiger partial charge in [-0.25, -0.2) is 15.0 Å². The molecule has 5 rings (SSSR count). The van der Waals surface area contributed by atoms with Crippen LogP contribution in [0.1, 0.15) is 18.2 Å². The van der Waals surface area contributed by atoms with Gasteiger partial charge >= 0.3 is 0 Å². The average molecular weight is 460 g/mol. The van der Waals surface area contributed by atoms with Crippen LogP contribution in [0.25, 0.3) is 27.6 Å². The van der Waals surface area contributed by atoms with Crippen molar-refractivity contribution in [1.82, 2.24) is 24.5 Å². The maximum Gasteiger partial charge on any atom is 0.151 e. The molecule has 3 N–H and O–H groups in total. The first-order chi connectivity index (χ1) is 16.1. The Morgan fingerprint density at radius 2 is 1.97 bits per heavy atom. The molecule has 0 aliphatic heterocycles. The predicted octanol–water partition coefficient (Wildman–Crippen LogP) is 4.78. The molecule has 4 heterocycles. The Morgan fingerprint density at radius 1 is 1.12 bits per heavy atom. The highest BCUT2D eigenvalue weighted by Crippen LogP contribution is 2.30. The molecule has 0 amide bonds. The van der Waals surface area contributed by atoms with Gasteiger partial charge in [-0.05, 0) is 36.8 Å². The summed E-state index contributed by atoms with van der Waals surface area (Å²) in [5.41, 5.74) is 10.3. The molecule has 0 saturated heterocycles. The van der Waals surface area contributed by atoms with Gasteiger partial charge in [-0.15, -0.1) is 0 Å². The lowest BCUT2D eigenvalue weighted by atomic mass is 10.1. The van der Waals surface area contributed by atoms with Gasteiger partial charge in [-0.3, -0.25) is 9.55 Å². The number of nitrogens with zero attached hydrogens (tertiary/aromatic N) is 5. The summed E-state index contributed by atoms with van der Waals surface area (Å²) in [6.45, 7) is 2.44. The van der Waals surface area contributed by atoms with E-state index in [4.69, 9.17) is 22.1 Å². The molecule has 0 aliphatic rings. The molecule has 4 aromatic heterocycles. The van der Waals surface area contributed by atoms with Crippen molar-refractivity contribution < 1.29 is 4.74 Å². The van der Waals surface area contributed by atoms with Gasteiger partial charge in [0.1, 0.15) is 30.3 Å². The molecular weight excluding hydrogens is 438 g/mol. The first kappa shape index (κ1) is 21.0. The average Bonchev–Trinajstić information content (AvgIpc) is 3.19. The molecule has 1 aromatic carbocycles. The topological polar surface area (TPSA) is 104 Å². The SMILES string of the molecule is CCc1ncc(-n2cc(Cl)c3c(N)ncnc32)cc1COc1ccc2ccc(NC)nc2c1. The van der Waals surface area contributed by atoms with E-state index in [0.717, 1.165) is 45.8 Å². The minimum Gasteiger partial charge on any atom is -0.489 e. The highest BCUT2D eigenvalue weighted by Gasteiger charge is 2.15. The summed E-state index contributed by atoms with van der Waals surface area (Å²) < 4.78 is 8.00. The third-order valence-electron chi connectivity index (χ3n) is 5.54. The molecule has 0 saturated carbocycles. The van der Waals surface area contributed by atoms with Crippen LogP contribution in [0.2, 0.25) is 5.02 Å². The lowest BCUT2D eigenvalue weighted by molar-refractivity contribution is 0.304. The second-order valence-electron chi connectivity index (χ2n) is 7.55. The summed E-state index contributed by atoms with van der Waals surface area (Å²) in [5, 5.41) is 5.23. The molecule has 0 fully saturated rings. The van der Waals surface area contributed by atoms with E-state index >= 15 is 0 Å². The molecule has 0 atom stereocenters. The van der Waals surface area contributed by atoms with E-state index in [1.807, 2.05) is 48.0 Å². The number of rotatable bonds is 6. The van der Waals surface area contributed by atoms with Gasteiger partial charge in [0.15, 0.2) is 5.65 Å². The fourth-order valence-electron chi connectivity index (χ4n) is 3.83. The van der Waals surface area contributed by atoms with Crippen LogP contribution >= 0.6 is 11.6 Å².